The number of para-hydroxylation sites is 6. The maximum atomic E-state index is 5.59. The summed E-state index contributed by atoms with van der Waals surface area (Å²) in [6.45, 7) is 0. The van der Waals surface area contributed by atoms with Gasteiger partial charge in [0.05, 0.1) is 67.6 Å². The molecule has 0 amide bonds. The molecule has 1 aliphatic rings. The Kier molecular flexibility index (Phi) is 7.83. The van der Waals surface area contributed by atoms with Crippen LogP contribution in [0.1, 0.15) is 11.7 Å². The summed E-state index contributed by atoms with van der Waals surface area (Å²) in [5, 5.41) is 11.0. The third-order valence-corrected chi connectivity index (χ3v) is 12.5. The molecule has 13 rings (SSSR count). The maximum absolute atomic E-state index is 5.59. The molecule has 0 aliphatic carbocycles. The van der Waals surface area contributed by atoms with Gasteiger partial charge in [-0.1, -0.05) is 133 Å². The van der Waals surface area contributed by atoms with Gasteiger partial charge in [0.15, 0.2) is 0 Å². The summed E-state index contributed by atoms with van der Waals surface area (Å²) in [6.07, 6.45) is 6.42. The quantitative estimate of drug-likeness (QED) is 0.182. The van der Waals surface area contributed by atoms with Crippen LogP contribution >= 0.6 is 0 Å². The molecule has 0 fully saturated rings. The van der Waals surface area contributed by atoms with Crippen LogP contribution in [0.5, 0.6) is 0 Å². The molecular formula is C56H37N7. The van der Waals surface area contributed by atoms with Crippen LogP contribution in [0.15, 0.2) is 212 Å². The van der Waals surface area contributed by atoms with E-state index in [0.717, 1.165) is 78.9 Å². The van der Waals surface area contributed by atoms with E-state index in [4.69, 9.17) is 15.0 Å². The maximum Gasteiger partial charge on any atom is 0.138 e. The highest BCUT2D eigenvalue weighted by Gasteiger charge is 2.22. The fourth-order valence-electron chi connectivity index (χ4n) is 9.77. The minimum atomic E-state index is -0.153. The van der Waals surface area contributed by atoms with Crippen molar-refractivity contribution >= 4 is 71.2 Å². The number of pyridine rings is 3. The Bertz CT molecular complexity index is 3700. The Morgan fingerprint density at radius 3 is 1.35 bits per heavy atom. The number of allylic oxidation sites excluding steroid dienone is 2. The van der Waals surface area contributed by atoms with Gasteiger partial charge in [0.1, 0.15) is 17.3 Å². The highest BCUT2D eigenvalue weighted by Crippen LogP contribution is 2.38. The highest BCUT2D eigenvalue weighted by molar-refractivity contribution is 6.11. The van der Waals surface area contributed by atoms with E-state index in [9.17, 15) is 0 Å². The molecule has 6 aromatic carbocycles. The van der Waals surface area contributed by atoms with Gasteiger partial charge in [-0.25, -0.2) is 15.0 Å². The zero-order valence-corrected chi connectivity index (χ0v) is 34.0. The molecule has 1 aliphatic heterocycles. The third-order valence-electron chi connectivity index (χ3n) is 12.5. The second-order valence-electron chi connectivity index (χ2n) is 16.1. The lowest BCUT2D eigenvalue weighted by molar-refractivity contribution is 0.714. The average molecular weight is 808 g/mol. The molecule has 1 N–H and O–H groups in total. The summed E-state index contributed by atoms with van der Waals surface area (Å²) in [4.78, 5) is 16.3. The van der Waals surface area contributed by atoms with Crippen molar-refractivity contribution in [2.24, 2.45) is 0 Å². The molecule has 0 bridgehead atoms. The monoisotopic (exact) mass is 807 g/mol. The van der Waals surface area contributed by atoms with Crippen LogP contribution < -0.4 is 5.32 Å². The lowest BCUT2D eigenvalue weighted by Gasteiger charge is -2.23. The second kappa shape index (κ2) is 14.0. The predicted molar refractivity (Wildman–Crippen MR) is 258 cm³/mol. The minimum Gasteiger partial charge on any atom is -0.359 e. The van der Waals surface area contributed by atoms with Crippen molar-refractivity contribution in [2.75, 3.05) is 0 Å². The average Bonchev–Trinajstić information content (AvgIpc) is 4.00. The number of aromatic nitrogens is 6. The summed E-state index contributed by atoms with van der Waals surface area (Å²) < 4.78 is 6.91. The Hall–Kier alpha value is -8.55. The zero-order chi connectivity index (χ0) is 41.4. The SMILES string of the molecule is C1=CC(c2cccc(-c3cccc(-c4nc(-n5c6ccccc6c6ccccc65)ccc4-n4c5ccccc5c5ccccc54)n3)n2)NC(n2c3ccccc3c3ccccc32)=C1. The topological polar surface area (TPSA) is 65.5 Å². The van der Waals surface area contributed by atoms with Crippen LogP contribution in [0.4, 0.5) is 0 Å². The highest BCUT2D eigenvalue weighted by atomic mass is 15.2. The minimum absolute atomic E-state index is 0.153. The van der Waals surface area contributed by atoms with Gasteiger partial charge in [0.25, 0.3) is 0 Å². The number of benzene rings is 6. The van der Waals surface area contributed by atoms with E-state index in [1.165, 1.54) is 32.3 Å². The number of nitrogens with one attached hydrogen (secondary N) is 1. The number of hydrogen-bond donors (Lipinski definition) is 1. The summed E-state index contributed by atoms with van der Waals surface area (Å²) >= 11 is 0. The van der Waals surface area contributed by atoms with Crippen LogP contribution in [-0.4, -0.2) is 28.7 Å². The molecule has 0 saturated carbocycles. The molecular weight excluding hydrogens is 771 g/mol. The van der Waals surface area contributed by atoms with Crippen molar-refractivity contribution in [3.8, 4) is 34.3 Å². The Morgan fingerprint density at radius 1 is 0.365 bits per heavy atom. The molecule has 7 heteroatoms. The van der Waals surface area contributed by atoms with Crippen LogP contribution in [-0.2, 0) is 0 Å². The fourth-order valence-corrected chi connectivity index (χ4v) is 9.77. The smallest absolute Gasteiger partial charge is 0.138 e. The van der Waals surface area contributed by atoms with Gasteiger partial charge < -0.3 is 9.88 Å². The zero-order valence-electron chi connectivity index (χ0n) is 34.0. The van der Waals surface area contributed by atoms with Crippen molar-refractivity contribution in [2.45, 2.75) is 6.04 Å². The Labute approximate surface area is 362 Å². The fraction of sp³-hybridized carbons (Fsp3) is 0.0179. The van der Waals surface area contributed by atoms with Gasteiger partial charge in [-0.2, -0.15) is 0 Å². The second-order valence-corrected chi connectivity index (χ2v) is 16.1. The normalized spacial score (nSPS) is 14.0. The van der Waals surface area contributed by atoms with E-state index >= 15 is 0 Å². The number of dihydropyridines is 1. The first-order valence-corrected chi connectivity index (χ1v) is 21.3. The van der Waals surface area contributed by atoms with E-state index in [-0.39, 0.29) is 6.04 Å². The molecule has 296 valence electrons. The van der Waals surface area contributed by atoms with Crippen molar-refractivity contribution in [3.63, 3.8) is 0 Å². The predicted octanol–water partition coefficient (Wildman–Crippen LogP) is 13.2. The summed E-state index contributed by atoms with van der Waals surface area (Å²) in [7, 11) is 0. The van der Waals surface area contributed by atoms with Gasteiger partial charge in [-0.15, -0.1) is 0 Å². The number of rotatable bonds is 6. The van der Waals surface area contributed by atoms with E-state index in [2.05, 4.69) is 219 Å². The lowest BCUT2D eigenvalue weighted by atomic mass is 10.1. The van der Waals surface area contributed by atoms with Crippen LogP contribution in [0.25, 0.3) is 106 Å². The summed E-state index contributed by atoms with van der Waals surface area (Å²) in [6, 6.07) is 68.0. The number of fused-ring (bicyclic) bond motifs is 9. The van der Waals surface area contributed by atoms with Crippen LogP contribution in [0, 0.1) is 0 Å². The summed E-state index contributed by atoms with van der Waals surface area (Å²) in [5.41, 5.74) is 11.7. The van der Waals surface area contributed by atoms with E-state index in [0.29, 0.717) is 0 Å². The standard InChI is InChI=1S/C56H37N7/c1-7-27-47-36(16-1)37-17-2-8-28-48(37)61(47)53-34-35-55(63-51-31-11-5-20-40(51)41-21-6-12-32-52(41)63)60-56(53)46-26-14-24-43(58-46)42-22-13-23-44(57-42)45-25-15-33-54(59-45)62-49-29-9-3-18-38(49)39-19-4-10-30-50(39)62/h1-35,45,59H. The van der Waals surface area contributed by atoms with Gasteiger partial charge in [-0.3, -0.25) is 9.13 Å². The van der Waals surface area contributed by atoms with Gasteiger partial charge in [0, 0.05) is 32.3 Å². The molecule has 0 spiro atoms. The molecule has 7 nitrogen and oxygen atoms in total. The molecule has 63 heavy (non-hydrogen) atoms. The molecule has 0 radical (unpaired) electrons. The van der Waals surface area contributed by atoms with Crippen molar-refractivity contribution in [1.29, 1.82) is 0 Å². The van der Waals surface area contributed by atoms with Crippen molar-refractivity contribution in [1.82, 2.24) is 34.0 Å². The van der Waals surface area contributed by atoms with E-state index in [1.54, 1.807) is 0 Å². The van der Waals surface area contributed by atoms with Crippen LogP contribution in [0.2, 0.25) is 0 Å². The van der Waals surface area contributed by atoms with Gasteiger partial charge >= 0.3 is 0 Å². The lowest BCUT2D eigenvalue weighted by Crippen LogP contribution is -2.24. The summed E-state index contributed by atoms with van der Waals surface area (Å²) in [5.74, 6) is 1.82. The molecule has 1 atom stereocenters. The number of hydrogen-bond acceptors (Lipinski definition) is 4. The Morgan fingerprint density at radius 2 is 0.810 bits per heavy atom. The Balaban J connectivity index is 0.944. The molecule has 6 aromatic heterocycles. The first-order chi connectivity index (χ1) is 31.3. The molecule has 1 unspecified atom stereocenters. The largest absolute Gasteiger partial charge is 0.359 e. The first-order valence-electron chi connectivity index (χ1n) is 21.3. The van der Waals surface area contributed by atoms with Gasteiger partial charge in [-0.05, 0) is 78.9 Å². The van der Waals surface area contributed by atoms with Crippen molar-refractivity contribution in [3.05, 3.63) is 218 Å². The van der Waals surface area contributed by atoms with Gasteiger partial charge in [0.2, 0.25) is 0 Å². The third kappa shape index (κ3) is 5.50. The van der Waals surface area contributed by atoms with Crippen LogP contribution in [0.3, 0.4) is 0 Å². The number of nitrogens with zero attached hydrogens (tertiary/aromatic N) is 6. The molecule has 12 aromatic rings. The molecule has 0 saturated heterocycles. The van der Waals surface area contributed by atoms with Crippen molar-refractivity contribution < 1.29 is 0 Å². The first kappa shape index (κ1) is 35.2. The van der Waals surface area contributed by atoms with E-state index < -0.39 is 0 Å². The molecule has 7 heterocycles. The van der Waals surface area contributed by atoms with E-state index in [1.807, 2.05) is 12.1 Å².